The van der Waals surface area contributed by atoms with E-state index in [2.05, 4.69) is 34.5 Å². The standard InChI is InChI=1S/C22H35N3O3/c1-22(2,3)28-21(27)25-15-18-13-24(12-17-8-5-4-6-9-17)14-19(16-25)20(18)23-10-7-11-26/h4-6,8-9,18-20,23,26H,7,10-16H2,1-3H3. The minimum atomic E-state index is -0.470. The summed E-state index contributed by atoms with van der Waals surface area (Å²) in [5, 5.41) is 12.8. The number of hydrogen-bond acceptors (Lipinski definition) is 5. The SMILES string of the molecule is CC(C)(C)OC(=O)N1CC2CN(Cc3ccccc3)CC(C1)C2NCCCO. The molecule has 2 aliphatic heterocycles. The average molecular weight is 390 g/mol. The summed E-state index contributed by atoms with van der Waals surface area (Å²) in [6.07, 6.45) is 0.562. The molecule has 2 heterocycles. The summed E-state index contributed by atoms with van der Waals surface area (Å²) >= 11 is 0. The van der Waals surface area contributed by atoms with Crippen LogP contribution in [0.15, 0.2) is 30.3 Å². The first-order chi connectivity index (χ1) is 13.4. The van der Waals surface area contributed by atoms with Crippen molar-refractivity contribution in [1.82, 2.24) is 15.1 Å². The first-order valence-corrected chi connectivity index (χ1v) is 10.4. The van der Waals surface area contributed by atoms with Crippen molar-refractivity contribution >= 4 is 6.09 Å². The van der Waals surface area contributed by atoms with Gasteiger partial charge in [0.05, 0.1) is 0 Å². The highest BCUT2D eigenvalue weighted by Crippen LogP contribution is 2.31. The fourth-order valence-electron chi connectivity index (χ4n) is 4.46. The molecule has 3 rings (SSSR count). The Morgan fingerprint density at radius 1 is 1.14 bits per heavy atom. The molecule has 0 saturated carbocycles. The maximum Gasteiger partial charge on any atom is 0.410 e. The van der Waals surface area contributed by atoms with Crippen molar-refractivity contribution in [2.24, 2.45) is 11.8 Å². The predicted molar refractivity (Wildman–Crippen MR) is 110 cm³/mol. The van der Waals surface area contributed by atoms with Gasteiger partial charge in [0.1, 0.15) is 5.60 Å². The zero-order chi connectivity index (χ0) is 20.1. The molecule has 6 nitrogen and oxygen atoms in total. The Kier molecular flexibility index (Phi) is 6.96. The third-order valence-electron chi connectivity index (χ3n) is 5.53. The molecule has 2 N–H and O–H groups in total. The zero-order valence-electron chi connectivity index (χ0n) is 17.4. The van der Waals surface area contributed by atoms with Crippen molar-refractivity contribution in [2.75, 3.05) is 39.3 Å². The number of aliphatic hydroxyl groups excluding tert-OH is 1. The quantitative estimate of drug-likeness (QED) is 0.731. The topological polar surface area (TPSA) is 65.0 Å². The lowest BCUT2D eigenvalue weighted by Crippen LogP contribution is -2.65. The second-order valence-corrected chi connectivity index (χ2v) is 9.14. The fourth-order valence-corrected chi connectivity index (χ4v) is 4.46. The number of carbonyl (C=O) groups excluding carboxylic acids is 1. The van der Waals surface area contributed by atoms with Gasteiger partial charge in [0.2, 0.25) is 0 Å². The molecular weight excluding hydrogens is 354 g/mol. The predicted octanol–water partition coefficient (Wildman–Crippen LogP) is 2.33. The summed E-state index contributed by atoms with van der Waals surface area (Å²) in [5.41, 5.74) is 0.859. The van der Waals surface area contributed by atoms with E-state index in [1.807, 2.05) is 31.7 Å². The Morgan fingerprint density at radius 2 is 1.79 bits per heavy atom. The third kappa shape index (κ3) is 5.69. The van der Waals surface area contributed by atoms with E-state index in [1.54, 1.807) is 0 Å². The van der Waals surface area contributed by atoms with Crippen molar-refractivity contribution in [3.05, 3.63) is 35.9 Å². The second kappa shape index (κ2) is 9.25. The molecule has 0 aliphatic carbocycles. The third-order valence-corrected chi connectivity index (χ3v) is 5.53. The first kappa shape index (κ1) is 21.1. The van der Waals surface area contributed by atoms with Crippen LogP contribution in [0.25, 0.3) is 0 Å². The molecule has 2 saturated heterocycles. The number of hydrogen-bond donors (Lipinski definition) is 2. The van der Waals surface area contributed by atoms with Gasteiger partial charge in [-0.1, -0.05) is 30.3 Å². The Bertz CT molecular complexity index is 616. The summed E-state index contributed by atoms with van der Waals surface area (Å²) in [7, 11) is 0. The maximum atomic E-state index is 12.6. The molecule has 2 aliphatic rings. The van der Waals surface area contributed by atoms with Crippen molar-refractivity contribution < 1.29 is 14.6 Å². The lowest BCUT2D eigenvalue weighted by atomic mass is 9.79. The molecule has 28 heavy (non-hydrogen) atoms. The van der Waals surface area contributed by atoms with Crippen LogP contribution in [0, 0.1) is 11.8 Å². The van der Waals surface area contributed by atoms with E-state index in [0.29, 0.717) is 31.0 Å². The summed E-state index contributed by atoms with van der Waals surface area (Å²) in [6.45, 7) is 11.1. The molecule has 0 radical (unpaired) electrons. The minimum absolute atomic E-state index is 0.201. The van der Waals surface area contributed by atoms with Crippen LogP contribution in [0.2, 0.25) is 0 Å². The van der Waals surface area contributed by atoms with Crippen LogP contribution in [0.4, 0.5) is 4.79 Å². The normalized spacial score (nSPS) is 25.6. The Labute approximate surface area is 168 Å². The number of amides is 1. The minimum Gasteiger partial charge on any atom is -0.444 e. The number of piperidine rings is 2. The average Bonchev–Trinajstić information content (AvgIpc) is 2.61. The molecule has 156 valence electrons. The number of nitrogens with one attached hydrogen (secondary N) is 1. The summed E-state index contributed by atoms with van der Waals surface area (Å²) in [6, 6.07) is 11.0. The van der Waals surface area contributed by atoms with Crippen LogP contribution in [0.3, 0.4) is 0 Å². The fraction of sp³-hybridized carbons (Fsp3) is 0.682. The molecule has 2 bridgehead atoms. The molecule has 2 atom stereocenters. The molecule has 2 fully saturated rings. The first-order valence-electron chi connectivity index (χ1n) is 10.4. The molecule has 1 aromatic rings. The monoisotopic (exact) mass is 389 g/mol. The van der Waals surface area contributed by atoms with Gasteiger partial charge in [-0.15, -0.1) is 0 Å². The van der Waals surface area contributed by atoms with Crippen LogP contribution in [0.1, 0.15) is 32.8 Å². The Morgan fingerprint density at radius 3 is 2.36 bits per heavy atom. The van der Waals surface area contributed by atoms with Crippen molar-refractivity contribution in [2.45, 2.75) is 45.4 Å². The van der Waals surface area contributed by atoms with Gasteiger partial charge < -0.3 is 20.1 Å². The maximum absolute atomic E-state index is 12.6. The number of benzene rings is 1. The van der Waals surface area contributed by atoms with E-state index in [0.717, 1.165) is 32.6 Å². The van der Waals surface area contributed by atoms with Crippen LogP contribution >= 0.6 is 0 Å². The lowest BCUT2D eigenvalue weighted by molar-refractivity contribution is -0.0258. The van der Waals surface area contributed by atoms with Crippen LogP contribution in [0.5, 0.6) is 0 Å². The molecule has 2 unspecified atom stereocenters. The van der Waals surface area contributed by atoms with Gasteiger partial charge in [0.25, 0.3) is 0 Å². The largest absolute Gasteiger partial charge is 0.444 e. The summed E-state index contributed by atoms with van der Waals surface area (Å²) < 4.78 is 5.62. The molecule has 0 spiro atoms. The number of ether oxygens (including phenoxy) is 1. The van der Waals surface area contributed by atoms with E-state index in [1.165, 1.54) is 5.56 Å². The second-order valence-electron chi connectivity index (χ2n) is 9.14. The van der Waals surface area contributed by atoms with Crippen molar-refractivity contribution in [1.29, 1.82) is 0 Å². The van der Waals surface area contributed by atoms with Crippen molar-refractivity contribution in [3.63, 3.8) is 0 Å². The number of carbonyl (C=O) groups is 1. The highest BCUT2D eigenvalue weighted by Gasteiger charge is 2.43. The zero-order valence-corrected chi connectivity index (χ0v) is 17.4. The number of aliphatic hydroxyl groups is 1. The van der Waals surface area contributed by atoms with Gasteiger partial charge in [0, 0.05) is 57.2 Å². The van der Waals surface area contributed by atoms with E-state index >= 15 is 0 Å². The molecule has 6 heteroatoms. The summed E-state index contributed by atoms with van der Waals surface area (Å²) in [5.74, 6) is 0.727. The van der Waals surface area contributed by atoms with Crippen LogP contribution in [-0.4, -0.2) is 72.0 Å². The Hall–Kier alpha value is -1.63. The number of likely N-dealkylation sites (tertiary alicyclic amines) is 2. The Balaban J connectivity index is 1.66. The van der Waals surface area contributed by atoms with Crippen molar-refractivity contribution in [3.8, 4) is 0 Å². The lowest BCUT2D eigenvalue weighted by Gasteiger charge is -2.51. The number of fused-ring (bicyclic) bond motifs is 2. The van der Waals surface area contributed by atoms with Gasteiger partial charge >= 0.3 is 6.09 Å². The highest BCUT2D eigenvalue weighted by molar-refractivity contribution is 5.68. The van der Waals surface area contributed by atoms with Gasteiger partial charge in [0.15, 0.2) is 0 Å². The van der Waals surface area contributed by atoms with E-state index in [-0.39, 0.29) is 12.7 Å². The molecule has 0 aromatic heterocycles. The van der Waals surface area contributed by atoms with Gasteiger partial charge in [-0.05, 0) is 39.3 Å². The van der Waals surface area contributed by atoms with E-state index < -0.39 is 5.60 Å². The number of rotatable bonds is 6. The summed E-state index contributed by atoms with van der Waals surface area (Å²) in [4.78, 5) is 17.0. The molecular formula is C22H35N3O3. The molecule has 1 aromatic carbocycles. The molecule has 1 amide bonds. The van der Waals surface area contributed by atoms with E-state index in [9.17, 15) is 4.79 Å². The number of nitrogens with zero attached hydrogens (tertiary/aromatic N) is 2. The van der Waals surface area contributed by atoms with Crippen LogP contribution < -0.4 is 5.32 Å². The van der Waals surface area contributed by atoms with Gasteiger partial charge in [-0.25, -0.2) is 4.79 Å². The smallest absolute Gasteiger partial charge is 0.410 e. The van der Waals surface area contributed by atoms with Gasteiger partial charge in [-0.2, -0.15) is 0 Å². The highest BCUT2D eigenvalue weighted by atomic mass is 16.6. The van der Waals surface area contributed by atoms with E-state index in [4.69, 9.17) is 9.84 Å². The van der Waals surface area contributed by atoms with Crippen LogP contribution in [-0.2, 0) is 11.3 Å². The van der Waals surface area contributed by atoms with Gasteiger partial charge in [-0.3, -0.25) is 4.90 Å².